The third kappa shape index (κ3) is 3.10. The molecule has 0 saturated carbocycles. The first-order valence-corrected chi connectivity index (χ1v) is 7.12. The van der Waals surface area contributed by atoms with E-state index in [1.54, 1.807) is 24.7 Å². The number of hydrogen-bond acceptors (Lipinski definition) is 4. The largest absolute Gasteiger partial charge is 0.352 e. The molecule has 120 valence electrons. The zero-order valence-electron chi connectivity index (χ0n) is 13.2. The monoisotopic (exact) mass is 307 g/mol. The molecule has 2 N–H and O–H groups in total. The highest BCUT2D eigenvalue weighted by molar-refractivity contribution is 6.07. The van der Waals surface area contributed by atoms with E-state index in [-0.39, 0.29) is 18.5 Å². The standard InChI is InChI=1S/C14H21N5O3/c1-9-5-16-19(7-9)10(2)6-15-11(20)8-18-13(22)17-12(21)14(18,3)4/h5,7,10H,6,8H2,1-4H3,(H,15,20)(H,17,21,22). The molecule has 0 radical (unpaired) electrons. The Balaban J connectivity index is 1.88. The molecule has 1 unspecified atom stereocenters. The van der Waals surface area contributed by atoms with Crippen LogP contribution in [0.1, 0.15) is 32.4 Å². The summed E-state index contributed by atoms with van der Waals surface area (Å²) in [5.74, 6) is -0.709. The molecule has 8 nitrogen and oxygen atoms in total. The minimum atomic E-state index is -1.01. The molecule has 8 heteroatoms. The maximum absolute atomic E-state index is 12.0. The molecule has 1 aromatic heterocycles. The van der Waals surface area contributed by atoms with Crippen LogP contribution in [-0.2, 0) is 9.59 Å². The molecule has 1 aromatic rings. The van der Waals surface area contributed by atoms with Gasteiger partial charge >= 0.3 is 6.03 Å². The fourth-order valence-electron chi connectivity index (χ4n) is 2.19. The highest BCUT2D eigenvalue weighted by Crippen LogP contribution is 2.20. The Bertz CT molecular complexity index is 607. The lowest BCUT2D eigenvalue weighted by Crippen LogP contribution is -2.49. The van der Waals surface area contributed by atoms with Crippen LogP contribution in [0.2, 0.25) is 0 Å². The lowest BCUT2D eigenvalue weighted by Gasteiger charge is -2.27. The zero-order valence-corrected chi connectivity index (χ0v) is 13.2. The van der Waals surface area contributed by atoms with Gasteiger partial charge in [0.2, 0.25) is 5.91 Å². The smallest absolute Gasteiger partial charge is 0.325 e. The van der Waals surface area contributed by atoms with Gasteiger partial charge in [0.15, 0.2) is 0 Å². The van der Waals surface area contributed by atoms with Crippen molar-refractivity contribution in [1.82, 2.24) is 25.3 Å². The molecule has 1 saturated heterocycles. The number of nitrogens with one attached hydrogen (secondary N) is 2. The molecule has 2 heterocycles. The zero-order chi connectivity index (χ0) is 16.5. The number of rotatable bonds is 5. The Hall–Kier alpha value is -2.38. The lowest BCUT2D eigenvalue weighted by atomic mass is 10.0. The van der Waals surface area contributed by atoms with Crippen LogP contribution in [-0.4, -0.2) is 51.2 Å². The number of urea groups is 1. The van der Waals surface area contributed by atoms with Crippen molar-refractivity contribution in [3.05, 3.63) is 18.0 Å². The number of nitrogens with zero attached hydrogens (tertiary/aromatic N) is 3. The summed E-state index contributed by atoms with van der Waals surface area (Å²) < 4.78 is 1.77. The lowest BCUT2D eigenvalue weighted by molar-refractivity contribution is -0.127. The first kappa shape index (κ1) is 16.0. The quantitative estimate of drug-likeness (QED) is 0.759. The maximum Gasteiger partial charge on any atom is 0.325 e. The van der Waals surface area contributed by atoms with Crippen molar-refractivity contribution in [2.75, 3.05) is 13.1 Å². The van der Waals surface area contributed by atoms with Crippen LogP contribution < -0.4 is 10.6 Å². The van der Waals surface area contributed by atoms with E-state index >= 15 is 0 Å². The van der Waals surface area contributed by atoms with Crippen LogP contribution >= 0.6 is 0 Å². The van der Waals surface area contributed by atoms with E-state index in [4.69, 9.17) is 0 Å². The van der Waals surface area contributed by atoms with Gasteiger partial charge in [-0.15, -0.1) is 0 Å². The van der Waals surface area contributed by atoms with Gasteiger partial charge in [-0.1, -0.05) is 0 Å². The van der Waals surface area contributed by atoms with Gasteiger partial charge in [0, 0.05) is 12.7 Å². The van der Waals surface area contributed by atoms with Gasteiger partial charge in [-0.2, -0.15) is 5.10 Å². The molecular weight excluding hydrogens is 286 g/mol. The molecule has 0 bridgehead atoms. The number of imide groups is 1. The predicted molar refractivity (Wildman–Crippen MR) is 79.0 cm³/mol. The number of aryl methyl sites for hydroxylation is 1. The summed E-state index contributed by atoms with van der Waals surface area (Å²) in [5.41, 5.74) is 0.0336. The van der Waals surface area contributed by atoms with E-state index in [9.17, 15) is 14.4 Å². The molecule has 0 aromatic carbocycles. The molecule has 1 fully saturated rings. The number of carbonyl (C=O) groups is 3. The van der Waals surface area contributed by atoms with E-state index in [0.29, 0.717) is 6.54 Å². The first-order chi connectivity index (χ1) is 10.2. The van der Waals surface area contributed by atoms with Crippen molar-refractivity contribution in [2.45, 2.75) is 39.3 Å². The normalized spacial score (nSPS) is 18.3. The molecule has 2 rings (SSSR count). The third-order valence-corrected chi connectivity index (χ3v) is 3.77. The summed E-state index contributed by atoms with van der Waals surface area (Å²) in [6.45, 7) is 7.33. The highest BCUT2D eigenvalue weighted by Gasteiger charge is 2.46. The average molecular weight is 307 g/mol. The average Bonchev–Trinajstić information content (AvgIpc) is 2.94. The summed E-state index contributed by atoms with van der Waals surface area (Å²) >= 11 is 0. The Morgan fingerprint density at radius 1 is 1.45 bits per heavy atom. The van der Waals surface area contributed by atoms with Gasteiger partial charge < -0.3 is 10.2 Å². The maximum atomic E-state index is 12.0. The molecule has 0 spiro atoms. The van der Waals surface area contributed by atoms with E-state index in [2.05, 4.69) is 15.7 Å². The van der Waals surface area contributed by atoms with Crippen molar-refractivity contribution >= 4 is 17.8 Å². The van der Waals surface area contributed by atoms with Crippen molar-refractivity contribution in [3.63, 3.8) is 0 Å². The van der Waals surface area contributed by atoms with Crippen molar-refractivity contribution in [2.24, 2.45) is 0 Å². The summed E-state index contributed by atoms with van der Waals surface area (Å²) in [6.07, 6.45) is 3.65. The van der Waals surface area contributed by atoms with Crippen molar-refractivity contribution in [3.8, 4) is 0 Å². The van der Waals surface area contributed by atoms with Crippen LogP contribution in [0.15, 0.2) is 12.4 Å². The van der Waals surface area contributed by atoms with Crippen LogP contribution in [0.4, 0.5) is 4.79 Å². The minimum Gasteiger partial charge on any atom is -0.352 e. The van der Waals surface area contributed by atoms with Gasteiger partial charge in [-0.05, 0) is 33.3 Å². The number of amides is 4. The number of aromatic nitrogens is 2. The van der Waals surface area contributed by atoms with Crippen LogP contribution in [0.3, 0.4) is 0 Å². The molecule has 1 atom stereocenters. The minimum absolute atomic E-state index is 0.000281. The number of hydrogen-bond donors (Lipinski definition) is 2. The molecular formula is C14H21N5O3. The molecule has 0 aliphatic carbocycles. The SMILES string of the molecule is Cc1cnn(C(C)CNC(=O)CN2C(=O)NC(=O)C2(C)C)c1. The Morgan fingerprint density at radius 2 is 2.14 bits per heavy atom. The highest BCUT2D eigenvalue weighted by atomic mass is 16.2. The second kappa shape index (κ2) is 5.78. The summed E-state index contributed by atoms with van der Waals surface area (Å²) in [5, 5.41) is 9.16. The van der Waals surface area contributed by atoms with Gasteiger partial charge in [0.1, 0.15) is 12.1 Å². The van der Waals surface area contributed by atoms with Crippen LogP contribution in [0.25, 0.3) is 0 Å². The van der Waals surface area contributed by atoms with Gasteiger partial charge in [-0.3, -0.25) is 19.6 Å². The van der Waals surface area contributed by atoms with Crippen molar-refractivity contribution < 1.29 is 14.4 Å². The summed E-state index contributed by atoms with van der Waals surface area (Å²) in [4.78, 5) is 36.6. The van der Waals surface area contributed by atoms with Crippen LogP contribution in [0, 0.1) is 6.92 Å². The first-order valence-electron chi connectivity index (χ1n) is 7.12. The molecule has 1 aliphatic heterocycles. The van der Waals surface area contributed by atoms with Gasteiger partial charge in [-0.25, -0.2) is 4.79 Å². The second-order valence-corrected chi connectivity index (χ2v) is 6.06. The van der Waals surface area contributed by atoms with Gasteiger partial charge in [0.25, 0.3) is 5.91 Å². The van der Waals surface area contributed by atoms with E-state index < -0.39 is 17.5 Å². The molecule has 4 amide bonds. The third-order valence-electron chi connectivity index (χ3n) is 3.77. The number of carbonyl (C=O) groups excluding carboxylic acids is 3. The topological polar surface area (TPSA) is 96.3 Å². The summed E-state index contributed by atoms with van der Waals surface area (Å²) in [6, 6.07) is -0.541. The predicted octanol–water partition coefficient (Wildman–Crippen LogP) is 0.199. The van der Waals surface area contributed by atoms with Gasteiger partial charge in [0.05, 0.1) is 12.2 Å². The Labute approximate surface area is 128 Å². The molecule has 22 heavy (non-hydrogen) atoms. The Kier molecular flexibility index (Phi) is 4.20. The van der Waals surface area contributed by atoms with Crippen molar-refractivity contribution in [1.29, 1.82) is 0 Å². The Morgan fingerprint density at radius 3 is 2.64 bits per heavy atom. The van der Waals surface area contributed by atoms with E-state index in [0.717, 1.165) is 5.56 Å². The summed E-state index contributed by atoms with van der Waals surface area (Å²) in [7, 11) is 0. The second-order valence-electron chi connectivity index (χ2n) is 6.06. The van der Waals surface area contributed by atoms with E-state index in [1.807, 2.05) is 20.0 Å². The molecule has 1 aliphatic rings. The fraction of sp³-hybridized carbons (Fsp3) is 0.571. The van der Waals surface area contributed by atoms with Crippen LogP contribution in [0.5, 0.6) is 0 Å². The van der Waals surface area contributed by atoms with E-state index in [1.165, 1.54) is 4.90 Å². The fourth-order valence-corrected chi connectivity index (χ4v) is 2.19.